The molecule has 2 aromatic carbocycles. The van der Waals surface area contributed by atoms with Crippen LogP contribution in [0.25, 0.3) is 0 Å². The van der Waals surface area contributed by atoms with Crippen molar-refractivity contribution in [3.63, 3.8) is 0 Å². The number of para-hydroxylation sites is 2. The van der Waals surface area contributed by atoms with Crippen molar-refractivity contribution in [1.82, 2.24) is 4.90 Å². The molecule has 7 nitrogen and oxygen atoms in total. The number of nitrogens with zero attached hydrogens (tertiary/aromatic N) is 2. The van der Waals surface area contributed by atoms with Crippen LogP contribution < -0.4 is 15.0 Å². The SMILES string of the molecule is Cc1cccc(NC(=O)CN(C)C(=O)CN2C(=O)CCOc3ccccc32)c1C. The van der Waals surface area contributed by atoms with Crippen LogP contribution >= 0.6 is 0 Å². The smallest absolute Gasteiger partial charge is 0.243 e. The Balaban J connectivity index is 1.65. The molecule has 152 valence electrons. The van der Waals surface area contributed by atoms with Gasteiger partial charge in [0, 0.05) is 12.7 Å². The van der Waals surface area contributed by atoms with Crippen molar-refractivity contribution >= 4 is 29.1 Å². The molecule has 2 aromatic rings. The number of likely N-dealkylation sites (N-methyl/N-ethyl adjacent to an activating group) is 1. The first kappa shape index (κ1) is 20.4. The van der Waals surface area contributed by atoms with E-state index in [1.807, 2.05) is 38.1 Å². The van der Waals surface area contributed by atoms with Gasteiger partial charge in [-0.05, 0) is 43.2 Å². The highest BCUT2D eigenvalue weighted by molar-refractivity contribution is 6.01. The summed E-state index contributed by atoms with van der Waals surface area (Å²) in [6.45, 7) is 3.93. The van der Waals surface area contributed by atoms with Gasteiger partial charge in [0.15, 0.2) is 0 Å². The number of aryl methyl sites for hydroxylation is 1. The van der Waals surface area contributed by atoms with Crippen LogP contribution in [0.2, 0.25) is 0 Å². The van der Waals surface area contributed by atoms with E-state index in [-0.39, 0.29) is 43.8 Å². The van der Waals surface area contributed by atoms with Crippen LogP contribution in [0.4, 0.5) is 11.4 Å². The molecule has 0 aliphatic carbocycles. The molecule has 0 unspecified atom stereocenters. The molecule has 0 aromatic heterocycles. The van der Waals surface area contributed by atoms with E-state index in [0.717, 1.165) is 16.8 Å². The first-order valence-corrected chi connectivity index (χ1v) is 9.49. The summed E-state index contributed by atoms with van der Waals surface area (Å²) in [4.78, 5) is 40.3. The Labute approximate surface area is 170 Å². The van der Waals surface area contributed by atoms with Crippen molar-refractivity contribution in [2.24, 2.45) is 0 Å². The Morgan fingerprint density at radius 1 is 1.14 bits per heavy atom. The lowest BCUT2D eigenvalue weighted by atomic mass is 10.1. The number of rotatable bonds is 5. The van der Waals surface area contributed by atoms with E-state index in [4.69, 9.17) is 4.74 Å². The fourth-order valence-corrected chi connectivity index (χ4v) is 3.13. The summed E-state index contributed by atoms with van der Waals surface area (Å²) in [5, 5.41) is 2.84. The number of anilines is 2. The third-order valence-electron chi connectivity index (χ3n) is 5.01. The summed E-state index contributed by atoms with van der Waals surface area (Å²) < 4.78 is 5.59. The second kappa shape index (κ2) is 8.77. The van der Waals surface area contributed by atoms with E-state index >= 15 is 0 Å². The summed E-state index contributed by atoms with van der Waals surface area (Å²) in [6, 6.07) is 12.8. The third-order valence-corrected chi connectivity index (χ3v) is 5.01. The molecule has 0 spiro atoms. The molecular formula is C22H25N3O4. The van der Waals surface area contributed by atoms with Gasteiger partial charge in [-0.2, -0.15) is 0 Å². The van der Waals surface area contributed by atoms with Gasteiger partial charge in [0.25, 0.3) is 0 Å². The summed E-state index contributed by atoms with van der Waals surface area (Å²) in [6.07, 6.45) is 0.193. The molecule has 0 saturated heterocycles. The summed E-state index contributed by atoms with van der Waals surface area (Å²) in [7, 11) is 1.55. The lowest BCUT2D eigenvalue weighted by molar-refractivity contribution is -0.133. The highest BCUT2D eigenvalue weighted by Crippen LogP contribution is 2.30. The Hall–Kier alpha value is -3.35. The van der Waals surface area contributed by atoms with Gasteiger partial charge in [0.1, 0.15) is 12.3 Å². The molecule has 0 atom stereocenters. The Morgan fingerprint density at radius 3 is 2.69 bits per heavy atom. The number of benzene rings is 2. The van der Waals surface area contributed by atoms with Gasteiger partial charge in [-0.25, -0.2) is 0 Å². The molecule has 0 bridgehead atoms. The van der Waals surface area contributed by atoms with E-state index < -0.39 is 0 Å². The van der Waals surface area contributed by atoms with Gasteiger partial charge in [-0.1, -0.05) is 24.3 Å². The molecule has 1 heterocycles. The summed E-state index contributed by atoms with van der Waals surface area (Å²) in [5.41, 5.74) is 3.36. The minimum atomic E-state index is -0.328. The normalized spacial score (nSPS) is 13.2. The molecule has 29 heavy (non-hydrogen) atoms. The zero-order chi connectivity index (χ0) is 21.0. The fourth-order valence-electron chi connectivity index (χ4n) is 3.13. The van der Waals surface area contributed by atoms with Crippen molar-refractivity contribution in [1.29, 1.82) is 0 Å². The van der Waals surface area contributed by atoms with Gasteiger partial charge < -0.3 is 15.0 Å². The van der Waals surface area contributed by atoms with E-state index in [2.05, 4.69) is 5.32 Å². The zero-order valence-corrected chi connectivity index (χ0v) is 16.9. The van der Waals surface area contributed by atoms with Gasteiger partial charge in [0.05, 0.1) is 25.3 Å². The largest absolute Gasteiger partial charge is 0.491 e. The highest BCUT2D eigenvalue weighted by Gasteiger charge is 2.26. The highest BCUT2D eigenvalue weighted by atomic mass is 16.5. The van der Waals surface area contributed by atoms with Crippen LogP contribution in [0.3, 0.4) is 0 Å². The standard InChI is InChI=1S/C22H25N3O4/c1-15-7-6-8-17(16(15)2)23-20(26)13-24(3)22(28)14-25-18-9-4-5-10-19(18)29-12-11-21(25)27/h4-10H,11-14H2,1-3H3,(H,23,26). The molecule has 0 fully saturated rings. The molecule has 3 amide bonds. The average Bonchev–Trinajstić information content (AvgIpc) is 2.84. The number of hydrogen-bond acceptors (Lipinski definition) is 4. The van der Waals surface area contributed by atoms with E-state index in [0.29, 0.717) is 11.4 Å². The average molecular weight is 395 g/mol. The number of carbonyl (C=O) groups excluding carboxylic acids is 3. The van der Waals surface area contributed by atoms with Crippen LogP contribution in [-0.2, 0) is 14.4 Å². The van der Waals surface area contributed by atoms with Crippen molar-refractivity contribution in [3.05, 3.63) is 53.6 Å². The van der Waals surface area contributed by atoms with Crippen molar-refractivity contribution in [2.45, 2.75) is 20.3 Å². The Morgan fingerprint density at radius 2 is 1.90 bits per heavy atom. The number of carbonyl (C=O) groups is 3. The molecule has 1 aliphatic rings. The topological polar surface area (TPSA) is 79.0 Å². The molecule has 0 saturated carbocycles. The van der Waals surface area contributed by atoms with Crippen LogP contribution in [0, 0.1) is 13.8 Å². The minimum Gasteiger partial charge on any atom is -0.491 e. The first-order chi connectivity index (χ1) is 13.9. The van der Waals surface area contributed by atoms with Gasteiger partial charge in [0.2, 0.25) is 17.7 Å². The predicted molar refractivity (Wildman–Crippen MR) is 111 cm³/mol. The van der Waals surface area contributed by atoms with E-state index in [1.165, 1.54) is 9.80 Å². The van der Waals surface area contributed by atoms with E-state index in [1.54, 1.807) is 25.2 Å². The van der Waals surface area contributed by atoms with Crippen LogP contribution in [-0.4, -0.2) is 49.4 Å². The number of ether oxygens (including phenoxy) is 1. The Kier molecular flexibility index (Phi) is 6.16. The maximum Gasteiger partial charge on any atom is 0.243 e. The minimum absolute atomic E-state index is 0.105. The lowest BCUT2D eigenvalue weighted by Crippen LogP contribution is -2.43. The number of amides is 3. The molecular weight excluding hydrogens is 370 g/mol. The monoisotopic (exact) mass is 395 g/mol. The number of nitrogens with one attached hydrogen (secondary N) is 1. The van der Waals surface area contributed by atoms with Gasteiger partial charge in [-0.15, -0.1) is 0 Å². The molecule has 1 N–H and O–H groups in total. The van der Waals surface area contributed by atoms with Crippen LogP contribution in [0.1, 0.15) is 17.5 Å². The maximum absolute atomic E-state index is 12.7. The fraction of sp³-hybridized carbons (Fsp3) is 0.318. The zero-order valence-electron chi connectivity index (χ0n) is 16.9. The molecule has 1 aliphatic heterocycles. The molecule has 0 radical (unpaired) electrons. The van der Waals surface area contributed by atoms with Crippen molar-refractivity contribution in [2.75, 3.05) is 37.0 Å². The van der Waals surface area contributed by atoms with Gasteiger partial charge >= 0.3 is 0 Å². The lowest BCUT2D eigenvalue weighted by Gasteiger charge is -2.24. The summed E-state index contributed by atoms with van der Waals surface area (Å²) in [5.74, 6) is -0.232. The second-order valence-electron chi connectivity index (χ2n) is 7.09. The molecule has 7 heteroatoms. The number of fused-ring (bicyclic) bond motifs is 1. The van der Waals surface area contributed by atoms with E-state index in [9.17, 15) is 14.4 Å². The van der Waals surface area contributed by atoms with Crippen molar-refractivity contribution < 1.29 is 19.1 Å². The molecule has 3 rings (SSSR count). The summed E-state index contributed by atoms with van der Waals surface area (Å²) >= 11 is 0. The van der Waals surface area contributed by atoms with Crippen molar-refractivity contribution in [3.8, 4) is 5.75 Å². The van der Waals surface area contributed by atoms with Crippen LogP contribution in [0.5, 0.6) is 5.75 Å². The second-order valence-corrected chi connectivity index (χ2v) is 7.09. The maximum atomic E-state index is 12.7. The van der Waals surface area contributed by atoms with Gasteiger partial charge in [-0.3, -0.25) is 19.3 Å². The Bertz CT molecular complexity index is 941. The van der Waals surface area contributed by atoms with Crippen LogP contribution in [0.15, 0.2) is 42.5 Å². The quantitative estimate of drug-likeness (QED) is 0.844. The third kappa shape index (κ3) is 4.74. The predicted octanol–water partition coefficient (Wildman–Crippen LogP) is 2.52. The number of hydrogen-bond donors (Lipinski definition) is 1. The first-order valence-electron chi connectivity index (χ1n) is 9.49.